The highest BCUT2D eigenvalue weighted by molar-refractivity contribution is 5.97. The number of fused-ring (bicyclic) bond motifs is 2. The summed E-state index contributed by atoms with van der Waals surface area (Å²) in [5.41, 5.74) is 4.76. The number of rotatable bonds is 4. The van der Waals surface area contributed by atoms with Crippen LogP contribution < -0.4 is 10.6 Å². The molecule has 0 aliphatic rings. The lowest BCUT2D eigenvalue weighted by Crippen LogP contribution is -2.28. The first-order valence-electron chi connectivity index (χ1n) is 11.5. The predicted molar refractivity (Wildman–Crippen MR) is 146 cm³/mol. The molecule has 0 saturated carbocycles. The molecule has 4 heteroatoms. The minimum atomic E-state index is 0.600. The van der Waals surface area contributed by atoms with Crippen molar-refractivity contribution in [3.05, 3.63) is 120 Å². The van der Waals surface area contributed by atoms with Gasteiger partial charge in [-0.05, 0) is 30.3 Å². The van der Waals surface area contributed by atoms with Crippen LogP contribution in [0.25, 0.3) is 51.7 Å². The summed E-state index contributed by atoms with van der Waals surface area (Å²) in [6, 6.07) is 36.5. The molecule has 35 heavy (non-hydrogen) atoms. The lowest BCUT2D eigenvalue weighted by Gasteiger charge is -2.11. The SMILES string of the molecule is C=c1/c(=C\C=Nc2ccccc2)c2ccccc2n1-c1nc(-c2ccccc2)c2ccccc2n1. The molecule has 0 unspecified atom stereocenters. The normalized spacial score (nSPS) is 12.2. The minimum absolute atomic E-state index is 0.600. The number of hydrogen-bond acceptors (Lipinski definition) is 3. The molecule has 0 fully saturated rings. The first kappa shape index (κ1) is 20.8. The van der Waals surface area contributed by atoms with Gasteiger partial charge in [0.15, 0.2) is 0 Å². The Kier molecular flexibility index (Phi) is 5.24. The number of nitrogens with zero attached hydrogens (tertiary/aromatic N) is 4. The number of hydrogen-bond donors (Lipinski definition) is 0. The van der Waals surface area contributed by atoms with E-state index in [0.29, 0.717) is 5.95 Å². The fourth-order valence-electron chi connectivity index (χ4n) is 4.42. The molecule has 0 N–H and O–H groups in total. The topological polar surface area (TPSA) is 43.1 Å². The van der Waals surface area contributed by atoms with Gasteiger partial charge in [-0.2, -0.15) is 0 Å². The average molecular weight is 451 g/mol. The monoisotopic (exact) mass is 450 g/mol. The van der Waals surface area contributed by atoms with Crippen molar-refractivity contribution in [1.29, 1.82) is 0 Å². The summed E-state index contributed by atoms with van der Waals surface area (Å²) in [6.07, 6.45) is 3.83. The Morgan fingerprint density at radius 2 is 1.34 bits per heavy atom. The quantitative estimate of drug-likeness (QED) is 0.317. The number of aliphatic imine (C=N–C) groups is 1. The van der Waals surface area contributed by atoms with Gasteiger partial charge in [-0.15, -0.1) is 0 Å². The van der Waals surface area contributed by atoms with Crippen LogP contribution in [-0.4, -0.2) is 20.7 Å². The van der Waals surface area contributed by atoms with E-state index in [1.807, 2.05) is 95.7 Å². The molecule has 0 atom stereocenters. The average Bonchev–Trinajstić information content (AvgIpc) is 3.20. The van der Waals surface area contributed by atoms with E-state index in [4.69, 9.17) is 9.97 Å². The molecule has 0 amide bonds. The molecule has 166 valence electrons. The summed E-state index contributed by atoms with van der Waals surface area (Å²) in [6.45, 7) is 4.43. The molecule has 0 bridgehead atoms. The maximum Gasteiger partial charge on any atom is 0.235 e. The molecule has 0 saturated heterocycles. The van der Waals surface area contributed by atoms with Crippen molar-refractivity contribution >= 4 is 46.4 Å². The molecular formula is C31H22N4. The lowest BCUT2D eigenvalue weighted by atomic mass is 10.1. The van der Waals surface area contributed by atoms with Gasteiger partial charge >= 0.3 is 0 Å². The van der Waals surface area contributed by atoms with Crippen LogP contribution in [0.5, 0.6) is 0 Å². The molecule has 6 rings (SSSR count). The van der Waals surface area contributed by atoms with Crippen molar-refractivity contribution in [1.82, 2.24) is 14.5 Å². The summed E-state index contributed by atoms with van der Waals surface area (Å²) in [5.74, 6) is 0.600. The molecule has 2 heterocycles. The third-order valence-electron chi connectivity index (χ3n) is 6.08. The zero-order valence-corrected chi connectivity index (χ0v) is 19.0. The molecule has 4 aromatic carbocycles. The molecule has 4 nitrogen and oxygen atoms in total. The summed E-state index contributed by atoms with van der Waals surface area (Å²) in [5, 5.41) is 3.92. The lowest BCUT2D eigenvalue weighted by molar-refractivity contribution is 0.954. The van der Waals surface area contributed by atoms with Crippen LogP contribution in [0.15, 0.2) is 114 Å². The van der Waals surface area contributed by atoms with Gasteiger partial charge < -0.3 is 0 Å². The van der Waals surface area contributed by atoms with E-state index in [1.165, 1.54) is 0 Å². The third-order valence-corrected chi connectivity index (χ3v) is 6.08. The molecule has 0 aliphatic carbocycles. The van der Waals surface area contributed by atoms with Crippen LogP contribution in [0, 0.1) is 0 Å². The van der Waals surface area contributed by atoms with Gasteiger partial charge in [0.05, 0.1) is 22.4 Å². The summed E-state index contributed by atoms with van der Waals surface area (Å²) in [7, 11) is 0. The second-order valence-corrected chi connectivity index (χ2v) is 8.25. The Hall–Kier alpha value is -4.83. The van der Waals surface area contributed by atoms with Gasteiger partial charge in [0, 0.05) is 33.1 Å². The zero-order valence-electron chi connectivity index (χ0n) is 19.0. The number of benzene rings is 4. The van der Waals surface area contributed by atoms with Crippen LogP contribution in [-0.2, 0) is 0 Å². The third kappa shape index (κ3) is 3.81. The zero-order chi connectivity index (χ0) is 23.6. The number of para-hydroxylation sites is 3. The van der Waals surface area contributed by atoms with E-state index in [-0.39, 0.29) is 0 Å². The van der Waals surface area contributed by atoms with Crippen LogP contribution in [0.4, 0.5) is 5.69 Å². The Balaban J connectivity index is 1.60. The van der Waals surface area contributed by atoms with Gasteiger partial charge in [0.1, 0.15) is 0 Å². The highest BCUT2D eigenvalue weighted by atomic mass is 15.2. The maximum atomic E-state index is 5.06. The molecule has 0 radical (unpaired) electrons. The second-order valence-electron chi connectivity index (χ2n) is 8.25. The smallest absolute Gasteiger partial charge is 0.235 e. The van der Waals surface area contributed by atoms with Gasteiger partial charge in [-0.1, -0.05) is 91.5 Å². The van der Waals surface area contributed by atoms with E-state index in [9.17, 15) is 0 Å². The molecule has 6 aromatic rings. The van der Waals surface area contributed by atoms with Crippen molar-refractivity contribution in [2.24, 2.45) is 4.99 Å². The van der Waals surface area contributed by atoms with Crippen molar-refractivity contribution in [2.75, 3.05) is 0 Å². The molecular weight excluding hydrogens is 428 g/mol. The van der Waals surface area contributed by atoms with Gasteiger partial charge in [0.25, 0.3) is 0 Å². The van der Waals surface area contributed by atoms with Crippen molar-refractivity contribution in [3.63, 3.8) is 0 Å². The standard InChI is InChI=1S/C31H22N4/c1-22-25(20-21-32-24-14-6-3-7-15-24)26-16-9-11-19-29(26)35(22)31-33-28-18-10-8-17-27(28)30(34-31)23-12-4-2-5-13-23/h2-21H,1H2/b25-20+,32-21?. The van der Waals surface area contributed by atoms with Crippen LogP contribution >= 0.6 is 0 Å². The van der Waals surface area contributed by atoms with Gasteiger partial charge in [0.2, 0.25) is 5.95 Å². The van der Waals surface area contributed by atoms with Crippen LogP contribution in [0.3, 0.4) is 0 Å². The largest absolute Gasteiger partial charge is 0.278 e. The van der Waals surface area contributed by atoms with E-state index >= 15 is 0 Å². The first-order valence-corrected chi connectivity index (χ1v) is 11.5. The second kappa shape index (κ2) is 8.84. The Labute approximate surface area is 202 Å². The fraction of sp³-hybridized carbons (Fsp3) is 0. The molecule has 0 aliphatic heterocycles. The highest BCUT2D eigenvalue weighted by Crippen LogP contribution is 2.27. The van der Waals surface area contributed by atoms with Gasteiger partial charge in [-0.3, -0.25) is 9.56 Å². The van der Waals surface area contributed by atoms with Crippen LogP contribution in [0.2, 0.25) is 0 Å². The Morgan fingerprint density at radius 3 is 2.14 bits per heavy atom. The van der Waals surface area contributed by atoms with E-state index in [0.717, 1.165) is 49.3 Å². The van der Waals surface area contributed by atoms with Crippen molar-refractivity contribution in [3.8, 4) is 17.2 Å². The molecule has 0 spiro atoms. The Bertz CT molecular complexity index is 1800. The van der Waals surface area contributed by atoms with Crippen molar-refractivity contribution in [2.45, 2.75) is 0 Å². The van der Waals surface area contributed by atoms with Crippen LogP contribution in [0.1, 0.15) is 0 Å². The van der Waals surface area contributed by atoms with E-state index in [2.05, 4.69) is 41.9 Å². The van der Waals surface area contributed by atoms with E-state index < -0.39 is 0 Å². The highest BCUT2D eigenvalue weighted by Gasteiger charge is 2.14. The summed E-state index contributed by atoms with van der Waals surface area (Å²) < 4.78 is 2.04. The molecule has 2 aromatic heterocycles. The van der Waals surface area contributed by atoms with E-state index in [1.54, 1.807) is 0 Å². The minimum Gasteiger partial charge on any atom is -0.278 e. The van der Waals surface area contributed by atoms with Crippen molar-refractivity contribution < 1.29 is 0 Å². The first-order chi connectivity index (χ1) is 17.3. The summed E-state index contributed by atoms with van der Waals surface area (Å²) in [4.78, 5) is 14.6. The maximum absolute atomic E-state index is 5.06. The predicted octanol–water partition coefficient (Wildman–Crippen LogP) is 5.83. The fourth-order valence-corrected chi connectivity index (χ4v) is 4.42. The van der Waals surface area contributed by atoms with Gasteiger partial charge in [-0.25, -0.2) is 9.97 Å². The Morgan fingerprint density at radius 1 is 0.686 bits per heavy atom. The number of aromatic nitrogens is 3. The summed E-state index contributed by atoms with van der Waals surface area (Å²) >= 11 is 0.